The minimum Gasteiger partial charge on any atom is -0.465 e. The van der Waals surface area contributed by atoms with Gasteiger partial charge in [0, 0.05) is 11.4 Å². The average Bonchev–Trinajstić information content (AvgIpc) is 3.70. The smallest absolute Gasteiger partial charge is 0.312 e. The lowest BCUT2D eigenvalue weighted by molar-refractivity contribution is -0.157. The molecule has 43 heavy (non-hydrogen) atoms. The number of alkyl halides is 1. The molecular weight excluding hydrogens is 618 g/mol. The van der Waals surface area contributed by atoms with Crippen LogP contribution in [0.4, 0.5) is 0 Å². The Morgan fingerprint density at radius 1 is 1.28 bits per heavy atom. The standard InChI is InChI=1S/C31H40BrN5O6/c1-5-7-8-11-15-42-30(41)24-25-28(39)37(23(17-38)19(3)4)27(31(25)16-20(32)26(24)43-31)29(40)35(14-6-2)18-36-22-13-10-9-12-21(22)33-34-36/h5-6,9-10,12-13,19-20,23-27,38H,1-2,7-8,11,14-18H2,3-4H3/t20?,23-,24-,25-,26-,27?,31?/m0/s1. The Kier molecular flexibility index (Phi) is 9.38. The van der Waals surface area contributed by atoms with E-state index < -0.39 is 41.6 Å². The molecule has 3 saturated heterocycles. The Bertz CT molecular complexity index is 1380. The van der Waals surface area contributed by atoms with Crippen molar-refractivity contribution in [2.75, 3.05) is 19.8 Å². The summed E-state index contributed by atoms with van der Waals surface area (Å²) in [4.78, 5) is 45.4. The van der Waals surface area contributed by atoms with Crippen LogP contribution in [0.3, 0.4) is 0 Å². The zero-order valence-electron chi connectivity index (χ0n) is 24.7. The number of rotatable bonds is 14. The topological polar surface area (TPSA) is 127 Å². The molecule has 7 atom stereocenters. The highest BCUT2D eigenvalue weighted by molar-refractivity contribution is 9.09. The van der Waals surface area contributed by atoms with E-state index in [1.54, 1.807) is 15.7 Å². The molecule has 12 heteroatoms. The summed E-state index contributed by atoms with van der Waals surface area (Å²) in [5.41, 5.74) is 0.173. The van der Waals surface area contributed by atoms with Crippen molar-refractivity contribution in [2.24, 2.45) is 17.8 Å². The van der Waals surface area contributed by atoms with Crippen molar-refractivity contribution in [1.82, 2.24) is 24.8 Å². The molecule has 1 N–H and O–H groups in total. The zero-order valence-corrected chi connectivity index (χ0v) is 26.3. The summed E-state index contributed by atoms with van der Waals surface area (Å²) in [5.74, 6) is -3.18. The van der Waals surface area contributed by atoms with Gasteiger partial charge < -0.3 is 24.4 Å². The first-order valence-electron chi connectivity index (χ1n) is 14.9. The van der Waals surface area contributed by atoms with E-state index >= 15 is 0 Å². The number of hydrogen-bond acceptors (Lipinski definition) is 8. The predicted octanol–water partition coefficient (Wildman–Crippen LogP) is 3.07. The number of hydrogen-bond donors (Lipinski definition) is 1. The number of aliphatic hydroxyl groups excluding tert-OH is 1. The Labute approximate surface area is 260 Å². The monoisotopic (exact) mass is 657 g/mol. The van der Waals surface area contributed by atoms with Gasteiger partial charge in [0.1, 0.15) is 23.8 Å². The van der Waals surface area contributed by atoms with Crippen molar-refractivity contribution < 1.29 is 29.0 Å². The Morgan fingerprint density at radius 3 is 2.74 bits per heavy atom. The molecule has 0 saturated carbocycles. The van der Waals surface area contributed by atoms with Crippen LogP contribution in [0, 0.1) is 17.8 Å². The van der Waals surface area contributed by atoms with Crippen molar-refractivity contribution in [3.8, 4) is 0 Å². The predicted molar refractivity (Wildman–Crippen MR) is 163 cm³/mol. The molecule has 4 heterocycles. The van der Waals surface area contributed by atoms with Crippen molar-refractivity contribution >= 4 is 44.7 Å². The maximum Gasteiger partial charge on any atom is 0.312 e. The summed E-state index contributed by atoms with van der Waals surface area (Å²) >= 11 is 3.69. The van der Waals surface area contributed by atoms with Crippen LogP contribution >= 0.6 is 15.9 Å². The van der Waals surface area contributed by atoms with E-state index in [4.69, 9.17) is 9.47 Å². The fourth-order valence-corrected chi connectivity index (χ4v) is 7.93. The second-order valence-corrected chi connectivity index (χ2v) is 13.1. The molecule has 0 radical (unpaired) electrons. The maximum atomic E-state index is 14.7. The number of nitrogens with zero attached hydrogens (tertiary/aromatic N) is 5. The second-order valence-electron chi connectivity index (χ2n) is 11.9. The number of allylic oxidation sites excluding steroid dienone is 1. The van der Waals surface area contributed by atoms with Crippen molar-refractivity contribution in [3.63, 3.8) is 0 Å². The fourth-order valence-electron chi connectivity index (χ4n) is 6.98. The van der Waals surface area contributed by atoms with Gasteiger partial charge in [-0.3, -0.25) is 14.4 Å². The number of benzene rings is 1. The molecule has 11 nitrogen and oxygen atoms in total. The molecule has 3 aliphatic heterocycles. The summed E-state index contributed by atoms with van der Waals surface area (Å²) in [6.45, 7) is 11.5. The van der Waals surface area contributed by atoms with Gasteiger partial charge in [0.15, 0.2) is 0 Å². The third-order valence-electron chi connectivity index (χ3n) is 8.98. The Morgan fingerprint density at radius 2 is 2.05 bits per heavy atom. The molecule has 0 aliphatic carbocycles. The molecule has 1 aromatic carbocycles. The lowest BCUT2D eigenvalue weighted by atomic mass is 9.70. The molecule has 232 valence electrons. The van der Waals surface area contributed by atoms with E-state index in [2.05, 4.69) is 39.4 Å². The molecule has 1 aromatic heterocycles. The number of aliphatic hydroxyl groups is 1. The molecule has 3 aliphatic rings. The van der Waals surface area contributed by atoms with E-state index in [0.717, 1.165) is 18.4 Å². The second kappa shape index (κ2) is 12.9. The minimum atomic E-state index is -1.27. The van der Waals surface area contributed by atoms with Crippen LogP contribution in [0.25, 0.3) is 11.0 Å². The summed E-state index contributed by atoms with van der Waals surface area (Å²) < 4.78 is 13.9. The van der Waals surface area contributed by atoms with Crippen LogP contribution in [0.1, 0.15) is 39.5 Å². The normalized spacial score (nSPS) is 28.3. The van der Waals surface area contributed by atoms with Crippen molar-refractivity contribution in [2.45, 2.75) is 74.8 Å². The lowest BCUT2D eigenvalue weighted by Gasteiger charge is -2.40. The largest absolute Gasteiger partial charge is 0.465 e. The van der Waals surface area contributed by atoms with Gasteiger partial charge >= 0.3 is 5.97 Å². The number of esters is 1. The first-order chi connectivity index (χ1) is 20.7. The number of para-hydroxylation sites is 1. The van der Waals surface area contributed by atoms with Gasteiger partial charge in [-0.2, -0.15) is 0 Å². The van der Waals surface area contributed by atoms with Crippen LogP contribution in [0.2, 0.25) is 0 Å². The number of ether oxygens (including phenoxy) is 2. The fraction of sp³-hybridized carbons (Fsp3) is 0.581. The third kappa shape index (κ3) is 5.42. The molecular formula is C31H40BrN5O6. The minimum absolute atomic E-state index is 0.0630. The van der Waals surface area contributed by atoms with E-state index in [0.29, 0.717) is 18.4 Å². The van der Waals surface area contributed by atoms with E-state index in [-0.39, 0.29) is 49.0 Å². The van der Waals surface area contributed by atoms with Gasteiger partial charge in [0.25, 0.3) is 0 Å². The number of halogens is 1. The summed E-state index contributed by atoms with van der Waals surface area (Å²) in [5, 5.41) is 19.0. The summed E-state index contributed by atoms with van der Waals surface area (Å²) in [7, 11) is 0. The zero-order chi connectivity index (χ0) is 30.9. The van der Waals surface area contributed by atoms with Gasteiger partial charge in [0.2, 0.25) is 11.8 Å². The first kappa shape index (κ1) is 31.3. The molecule has 3 fully saturated rings. The average molecular weight is 659 g/mol. The summed E-state index contributed by atoms with van der Waals surface area (Å²) in [6, 6.07) is 5.71. The van der Waals surface area contributed by atoms with Crippen molar-refractivity contribution in [1.29, 1.82) is 0 Å². The SMILES string of the molecule is C=CCCCCOC(=O)[C@H]1[C@H]2C(=O)N([C@@H](CO)C(C)C)C(C(=O)N(CC=C)Cn3nnc4ccccc43)C23CC(Br)[C@@H]1O3. The van der Waals surface area contributed by atoms with Crippen LogP contribution < -0.4 is 0 Å². The van der Waals surface area contributed by atoms with Crippen molar-refractivity contribution in [3.05, 3.63) is 49.6 Å². The van der Waals surface area contributed by atoms with Gasteiger partial charge in [-0.05, 0) is 43.7 Å². The van der Waals surface area contributed by atoms with Crippen LogP contribution in [-0.2, 0) is 30.5 Å². The van der Waals surface area contributed by atoms with E-state index in [1.807, 2.05) is 44.2 Å². The molecule has 2 amide bonds. The van der Waals surface area contributed by atoms with Gasteiger partial charge in [-0.1, -0.05) is 59.3 Å². The van der Waals surface area contributed by atoms with Crippen LogP contribution in [0.15, 0.2) is 49.6 Å². The van der Waals surface area contributed by atoms with E-state index in [1.165, 1.54) is 4.90 Å². The van der Waals surface area contributed by atoms with Gasteiger partial charge in [-0.25, -0.2) is 4.68 Å². The highest BCUT2D eigenvalue weighted by atomic mass is 79.9. The molecule has 3 unspecified atom stereocenters. The number of amides is 2. The molecule has 2 aromatic rings. The van der Waals surface area contributed by atoms with Gasteiger partial charge in [0.05, 0.1) is 42.7 Å². The van der Waals surface area contributed by atoms with Gasteiger partial charge in [-0.15, -0.1) is 18.3 Å². The van der Waals surface area contributed by atoms with Crippen LogP contribution in [-0.4, -0.2) is 96.1 Å². The van der Waals surface area contributed by atoms with E-state index in [9.17, 15) is 19.5 Å². The number of carbonyl (C=O) groups excluding carboxylic acids is 3. The highest BCUT2D eigenvalue weighted by Gasteiger charge is 2.77. The quantitative estimate of drug-likeness (QED) is 0.142. The Balaban J connectivity index is 1.51. The van der Waals surface area contributed by atoms with Crippen LogP contribution in [0.5, 0.6) is 0 Å². The number of carbonyl (C=O) groups is 3. The molecule has 2 bridgehead atoms. The molecule has 5 rings (SSSR count). The highest BCUT2D eigenvalue weighted by Crippen LogP contribution is 2.61. The summed E-state index contributed by atoms with van der Waals surface area (Å²) in [6.07, 6.45) is 5.51. The Hall–Kier alpha value is -3.09. The third-order valence-corrected chi connectivity index (χ3v) is 9.82. The number of aromatic nitrogens is 3. The molecule has 1 spiro atoms. The number of likely N-dealkylation sites (tertiary alicyclic amines) is 1. The first-order valence-corrected chi connectivity index (χ1v) is 15.8. The number of unbranched alkanes of at least 4 members (excludes halogenated alkanes) is 2. The lowest BCUT2D eigenvalue weighted by Crippen LogP contribution is -2.60. The maximum absolute atomic E-state index is 14.7. The number of fused-ring (bicyclic) bond motifs is 2.